The van der Waals surface area contributed by atoms with Gasteiger partial charge in [-0.25, -0.2) is 0 Å². The van der Waals surface area contributed by atoms with Crippen molar-refractivity contribution in [3.8, 4) is 0 Å². The van der Waals surface area contributed by atoms with Crippen LogP contribution in [0.5, 0.6) is 0 Å². The lowest BCUT2D eigenvalue weighted by Gasteiger charge is -2.28. The number of carboxylic acid groups (broad SMARTS) is 1. The zero-order valence-corrected chi connectivity index (χ0v) is 9.22. The third-order valence-corrected chi connectivity index (χ3v) is 2.86. The molecule has 2 heterocycles. The summed E-state index contributed by atoms with van der Waals surface area (Å²) in [7, 11) is 0. The Morgan fingerprint density at radius 1 is 1.50 bits per heavy atom. The van der Waals surface area contributed by atoms with Gasteiger partial charge >= 0.3 is 5.97 Å². The van der Waals surface area contributed by atoms with Crippen molar-refractivity contribution in [3.63, 3.8) is 0 Å². The van der Waals surface area contributed by atoms with Crippen molar-refractivity contribution in [2.75, 3.05) is 13.1 Å². The number of rotatable bonds is 3. The first kappa shape index (κ1) is 11.1. The fraction of sp³-hybridized carbons (Fsp3) is 0.700. The van der Waals surface area contributed by atoms with Crippen LogP contribution in [-0.2, 0) is 11.3 Å². The molecule has 0 bridgehead atoms. The summed E-state index contributed by atoms with van der Waals surface area (Å²) in [6.45, 7) is 3.93. The molecule has 1 aromatic heterocycles. The number of aliphatic carboxylic acids is 1. The molecule has 1 fully saturated rings. The van der Waals surface area contributed by atoms with E-state index in [1.54, 1.807) is 6.92 Å². The highest BCUT2D eigenvalue weighted by Gasteiger charge is 2.25. The maximum absolute atomic E-state index is 10.8. The van der Waals surface area contributed by atoms with Crippen molar-refractivity contribution in [2.24, 2.45) is 5.92 Å². The molecule has 0 spiro atoms. The second-order valence-electron chi connectivity index (χ2n) is 4.10. The van der Waals surface area contributed by atoms with Gasteiger partial charge in [-0.15, -0.1) is 10.2 Å². The molecular weight excluding hydrogens is 210 g/mol. The first-order chi connectivity index (χ1) is 7.65. The van der Waals surface area contributed by atoms with Crippen LogP contribution in [0.3, 0.4) is 0 Å². The molecule has 0 radical (unpaired) electrons. The Morgan fingerprint density at radius 2 is 2.19 bits per heavy atom. The number of carbonyl (C=O) groups is 1. The monoisotopic (exact) mass is 225 g/mol. The Morgan fingerprint density at radius 3 is 2.69 bits per heavy atom. The largest absolute Gasteiger partial charge is 0.481 e. The van der Waals surface area contributed by atoms with Gasteiger partial charge in [0.1, 0.15) is 0 Å². The highest BCUT2D eigenvalue weighted by Crippen LogP contribution is 2.18. The average Bonchev–Trinajstić information content (AvgIpc) is 2.65. The van der Waals surface area contributed by atoms with Crippen LogP contribution in [0.1, 0.15) is 24.6 Å². The van der Waals surface area contributed by atoms with Crippen LogP contribution < -0.4 is 0 Å². The Labute approximate surface area is 93.3 Å². The Kier molecular flexibility index (Phi) is 3.19. The summed E-state index contributed by atoms with van der Waals surface area (Å²) in [5, 5.41) is 16.5. The Hall–Kier alpha value is -1.43. The third-order valence-electron chi connectivity index (χ3n) is 2.86. The van der Waals surface area contributed by atoms with Gasteiger partial charge < -0.3 is 9.52 Å². The zero-order chi connectivity index (χ0) is 11.5. The summed E-state index contributed by atoms with van der Waals surface area (Å²) in [4.78, 5) is 12.9. The molecule has 1 aliphatic rings. The summed E-state index contributed by atoms with van der Waals surface area (Å²) in [6, 6.07) is 0. The molecule has 1 aromatic rings. The Balaban J connectivity index is 1.83. The summed E-state index contributed by atoms with van der Waals surface area (Å²) in [5.74, 6) is 0.288. The molecule has 88 valence electrons. The van der Waals surface area contributed by atoms with E-state index in [0.29, 0.717) is 31.2 Å². The molecule has 2 rings (SSSR count). The highest BCUT2D eigenvalue weighted by molar-refractivity contribution is 5.70. The topological polar surface area (TPSA) is 79.5 Å². The fourth-order valence-electron chi connectivity index (χ4n) is 1.93. The van der Waals surface area contributed by atoms with E-state index >= 15 is 0 Å². The van der Waals surface area contributed by atoms with E-state index in [0.717, 1.165) is 13.1 Å². The normalized spacial score (nSPS) is 18.8. The van der Waals surface area contributed by atoms with E-state index in [4.69, 9.17) is 9.52 Å². The van der Waals surface area contributed by atoms with Gasteiger partial charge in [0.25, 0.3) is 0 Å². The van der Waals surface area contributed by atoms with Crippen molar-refractivity contribution in [3.05, 3.63) is 11.8 Å². The number of aromatic nitrogens is 2. The van der Waals surface area contributed by atoms with E-state index in [2.05, 4.69) is 15.1 Å². The minimum atomic E-state index is -0.687. The number of carboxylic acids is 1. The molecule has 1 saturated heterocycles. The molecule has 1 N–H and O–H groups in total. The third kappa shape index (κ3) is 2.57. The van der Waals surface area contributed by atoms with E-state index in [1.165, 1.54) is 0 Å². The number of likely N-dealkylation sites (tertiary alicyclic amines) is 1. The second-order valence-corrected chi connectivity index (χ2v) is 4.10. The molecule has 0 unspecified atom stereocenters. The first-order valence-electron chi connectivity index (χ1n) is 5.39. The van der Waals surface area contributed by atoms with Gasteiger partial charge in [-0.3, -0.25) is 9.69 Å². The van der Waals surface area contributed by atoms with Gasteiger partial charge in [-0.1, -0.05) is 0 Å². The van der Waals surface area contributed by atoms with Gasteiger partial charge in [-0.05, 0) is 25.9 Å². The molecule has 0 aliphatic carbocycles. The number of piperidine rings is 1. The van der Waals surface area contributed by atoms with Crippen molar-refractivity contribution in [1.29, 1.82) is 0 Å². The van der Waals surface area contributed by atoms with Crippen molar-refractivity contribution in [2.45, 2.75) is 26.3 Å². The number of hydrogen-bond acceptors (Lipinski definition) is 5. The van der Waals surface area contributed by atoms with Gasteiger partial charge in [0.15, 0.2) is 0 Å². The van der Waals surface area contributed by atoms with Crippen LogP contribution in [0, 0.1) is 12.8 Å². The number of hydrogen-bond donors (Lipinski definition) is 1. The predicted molar refractivity (Wildman–Crippen MR) is 54.7 cm³/mol. The summed E-state index contributed by atoms with van der Waals surface area (Å²) < 4.78 is 5.28. The lowest BCUT2D eigenvalue weighted by atomic mass is 9.97. The lowest BCUT2D eigenvalue weighted by Crippen LogP contribution is -2.35. The molecule has 0 atom stereocenters. The number of nitrogens with zero attached hydrogens (tertiary/aromatic N) is 3. The van der Waals surface area contributed by atoms with Crippen LogP contribution in [0.4, 0.5) is 0 Å². The maximum Gasteiger partial charge on any atom is 0.306 e. The SMILES string of the molecule is Cc1nnc(CN2CCC(C(=O)O)CC2)o1. The van der Waals surface area contributed by atoms with E-state index in [9.17, 15) is 4.79 Å². The molecule has 1 aliphatic heterocycles. The molecule has 0 aromatic carbocycles. The van der Waals surface area contributed by atoms with Gasteiger partial charge in [0.05, 0.1) is 12.5 Å². The molecule has 16 heavy (non-hydrogen) atoms. The van der Waals surface area contributed by atoms with E-state index in [-0.39, 0.29) is 5.92 Å². The molecule has 0 saturated carbocycles. The predicted octanol–water partition coefficient (Wildman–Crippen LogP) is 0.675. The number of aryl methyl sites for hydroxylation is 1. The zero-order valence-electron chi connectivity index (χ0n) is 9.22. The Bertz CT molecular complexity index is 369. The minimum Gasteiger partial charge on any atom is -0.481 e. The fourth-order valence-corrected chi connectivity index (χ4v) is 1.93. The van der Waals surface area contributed by atoms with Crippen molar-refractivity contribution < 1.29 is 14.3 Å². The van der Waals surface area contributed by atoms with Crippen LogP contribution in [0.15, 0.2) is 4.42 Å². The quantitative estimate of drug-likeness (QED) is 0.814. The van der Waals surface area contributed by atoms with Crippen LogP contribution >= 0.6 is 0 Å². The van der Waals surface area contributed by atoms with Gasteiger partial charge in [-0.2, -0.15) is 0 Å². The molecule has 0 amide bonds. The van der Waals surface area contributed by atoms with Gasteiger partial charge in [0, 0.05) is 6.92 Å². The lowest BCUT2D eigenvalue weighted by molar-refractivity contribution is -0.143. The van der Waals surface area contributed by atoms with Crippen LogP contribution in [-0.4, -0.2) is 39.3 Å². The first-order valence-corrected chi connectivity index (χ1v) is 5.39. The van der Waals surface area contributed by atoms with E-state index < -0.39 is 5.97 Å². The smallest absolute Gasteiger partial charge is 0.306 e. The highest BCUT2D eigenvalue weighted by atomic mass is 16.4. The van der Waals surface area contributed by atoms with Gasteiger partial charge in [0.2, 0.25) is 11.8 Å². The van der Waals surface area contributed by atoms with E-state index in [1.807, 2.05) is 0 Å². The summed E-state index contributed by atoms with van der Waals surface area (Å²) >= 11 is 0. The molecular formula is C10H15N3O3. The molecule has 6 heteroatoms. The second kappa shape index (κ2) is 4.61. The standard InChI is InChI=1S/C10H15N3O3/c1-7-11-12-9(16-7)6-13-4-2-8(3-5-13)10(14)15/h8H,2-6H2,1H3,(H,14,15). The van der Waals surface area contributed by atoms with Crippen LogP contribution in [0.25, 0.3) is 0 Å². The average molecular weight is 225 g/mol. The van der Waals surface area contributed by atoms with Crippen molar-refractivity contribution in [1.82, 2.24) is 15.1 Å². The van der Waals surface area contributed by atoms with Crippen molar-refractivity contribution >= 4 is 5.97 Å². The molecule has 6 nitrogen and oxygen atoms in total. The maximum atomic E-state index is 10.8. The summed E-state index contributed by atoms with van der Waals surface area (Å²) in [5.41, 5.74) is 0. The summed E-state index contributed by atoms with van der Waals surface area (Å²) in [6.07, 6.45) is 1.39. The van der Waals surface area contributed by atoms with Crippen LogP contribution in [0.2, 0.25) is 0 Å². The minimum absolute atomic E-state index is 0.194.